The highest BCUT2D eigenvalue weighted by Crippen LogP contribution is 2.32. The van der Waals surface area contributed by atoms with Crippen molar-refractivity contribution in [1.82, 2.24) is 19.6 Å². The third kappa shape index (κ3) is 2.89. The Balaban J connectivity index is 2.20. The van der Waals surface area contributed by atoms with Crippen LogP contribution in [0.4, 0.5) is 4.79 Å². The lowest BCUT2D eigenvalue weighted by Crippen LogP contribution is -2.23. The van der Waals surface area contributed by atoms with Gasteiger partial charge in [0.1, 0.15) is 0 Å². The molecule has 2 heterocycles. The number of nitrogens with zero attached hydrogens (tertiary/aromatic N) is 4. The topological polar surface area (TPSA) is 52.7 Å². The van der Waals surface area contributed by atoms with Crippen molar-refractivity contribution in [2.75, 3.05) is 0 Å². The van der Waals surface area contributed by atoms with E-state index in [1.54, 1.807) is 18.5 Å². The van der Waals surface area contributed by atoms with Gasteiger partial charge in [-0.1, -0.05) is 57.5 Å². The Morgan fingerprint density at radius 1 is 1.17 bits per heavy atom. The first-order valence-corrected chi connectivity index (χ1v) is 8.35. The maximum Gasteiger partial charge on any atom is 0.369 e. The summed E-state index contributed by atoms with van der Waals surface area (Å²) in [5, 5.41) is 8.74. The first-order valence-electron chi connectivity index (χ1n) is 8.35. The van der Waals surface area contributed by atoms with Crippen molar-refractivity contribution in [2.45, 2.75) is 39.5 Å². The monoisotopic (exact) mass is 322 g/mol. The Labute approximate surface area is 141 Å². The molecule has 5 heteroatoms. The van der Waals surface area contributed by atoms with Crippen LogP contribution in [0.2, 0.25) is 0 Å². The van der Waals surface area contributed by atoms with Crippen LogP contribution >= 0.6 is 0 Å². The molecule has 0 unspecified atom stereocenters. The minimum absolute atomic E-state index is 0.243. The number of rotatable bonds is 4. The molecule has 0 fully saturated rings. The molecule has 0 saturated heterocycles. The van der Waals surface area contributed by atoms with Gasteiger partial charge in [-0.05, 0) is 18.4 Å². The molecule has 1 aromatic carbocycles. The number of carbonyl (C=O) groups is 1. The van der Waals surface area contributed by atoms with Gasteiger partial charge < -0.3 is 0 Å². The number of hydrogen-bond acceptors (Lipinski definition) is 3. The summed E-state index contributed by atoms with van der Waals surface area (Å²) in [5.41, 5.74) is 4.04. The zero-order valence-corrected chi connectivity index (χ0v) is 14.3. The summed E-state index contributed by atoms with van der Waals surface area (Å²) < 4.78 is 2.85. The molecule has 0 aliphatic heterocycles. The van der Waals surface area contributed by atoms with Crippen LogP contribution in [0.1, 0.15) is 44.4 Å². The smallest absolute Gasteiger partial charge is 0.244 e. The van der Waals surface area contributed by atoms with Crippen molar-refractivity contribution in [1.29, 1.82) is 0 Å². The quantitative estimate of drug-likeness (QED) is 0.718. The normalized spacial score (nSPS) is 11.2. The molecule has 124 valence electrons. The summed E-state index contributed by atoms with van der Waals surface area (Å²) in [6.45, 7) is 6.40. The van der Waals surface area contributed by atoms with Gasteiger partial charge in [-0.3, -0.25) is 0 Å². The van der Waals surface area contributed by atoms with E-state index in [4.69, 9.17) is 0 Å². The predicted octanol–water partition coefficient (Wildman–Crippen LogP) is 4.34. The highest BCUT2D eigenvalue weighted by atomic mass is 16.2. The van der Waals surface area contributed by atoms with Crippen LogP contribution in [0.15, 0.2) is 48.8 Å². The molecular weight excluding hydrogens is 300 g/mol. The van der Waals surface area contributed by atoms with E-state index in [2.05, 4.69) is 31.0 Å². The van der Waals surface area contributed by atoms with Crippen LogP contribution in [0.5, 0.6) is 0 Å². The molecule has 0 N–H and O–H groups in total. The summed E-state index contributed by atoms with van der Waals surface area (Å²) in [5.74, 6) is 0.279. The first kappa shape index (κ1) is 16.2. The van der Waals surface area contributed by atoms with Gasteiger partial charge in [-0.2, -0.15) is 19.6 Å². The summed E-state index contributed by atoms with van der Waals surface area (Å²) in [4.78, 5) is 12.8. The molecule has 5 nitrogen and oxygen atoms in total. The van der Waals surface area contributed by atoms with Gasteiger partial charge >= 0.3 is 6.03 Å². The van der Waals surface area contributed by atoms with E-state index in [0.717, 1.165) is 35.4 Å². The molecule has 0 amide bonds. The van der Waals surface area contributed by atoms with E-state index in [9.17, 15) is 4.79 Å². The predicted molar refractivity (Wildman–Crippen MR) is 94.2 cm³/mol. The SMILES string of the molecule is CCCc1c(C(C)C)c(-c2ccccc2)nn1C(=O)n1cccn1. The molecule has 3 aromatic rings. The minimum Gasteiger partial charge on any atom is -0.244 e. The van der Waals surface area contributed by atoms with Gasteiger partial charge in [-0.15, -0.1) is 0 Å². The van der Waals surface area contributed by atoms with Crippen LogP contribution in [-0.4, -0.2) is 25.6 Å². The second kappa shape index (κ2) is 6.83. The van der Waals surface area contributed by atoms with Crippen molar-refractivity contribution in [2.24, 2.45) is 0 Å². The van der Waals surface area contributed by atoms with Crippen LogP contribution in [0.25, 0.3) is 11.3 Å². The second-order valence-electron chi connectivity index (χ2n) is 6.12. The summed E-state index contributed by atoms with van der Waals surface area (Å²) in [6.07, 6.45) is 5.01. The van der Waals surface area contributed by atoms with Crippen LogP contribution < -0.4 is 0 Å². The average molecular weight is 322 g/mol. The number of aromatic nitrogens is 4. The fraction of sp³-hybridized carbons (Fsp3) is 0.316. The zero-order valence-electron chi connectivity index (χ0n) is 14.3. The Morgan fingerprint density at radius 2 is 1.92 bits per heavy atom. The maximum atomic E-state index is 12.8. The molecule has 0 saturated carbocycles. The fourth-order valence-electron chi connectivity index (χ4n) is 3.00. The third-order valence-corrected chi connectivity index (χ3v) is 4.01. The van der Waals surface area contributed by atoms with Gasteiger partial charge in [0, 0.05) is 23.5 Å². The maximum absolute atomic E-state index is 12.8. The van der Waals surface area contributed by atoms with E-state index in [1.807, 2.05) is 30.3 Å². The van der Waals surface area contributed by atoms with Gasteiger partial charge in [0.2, 0.25) is 0 Å². The van der Waals surface area contributed by atoms with Gasteiger partial charge in [-0.25, -0.2) is 4.79 Å². The van der Waals surface area contributed by atoms with Crippen LogP contribution in [0, 0.1) is 0 Å². The zero-order chi connectivity index (χ0) is 17.1. The number of carbonyl (C=O) groups excluding carboxylic acids is 1. The molecule has 3 rings (SSSR count). The Kier molecular flexibility index (Phi) is 4.60. The van der Waals surface area contributed by atoms with E-state index >= 15 is 0 Å². The second-order valence-corrected chi connectivity index (χ2v) is 6.12. The van der Waals surface area contributed by atoms with Gasteiger partial charge in [0.15, 0.2) is 0 Å². The van der Waals surface area contributed by atoms with Gasteiger partial charge in [0.25, 0.3) is 0 Å². The molecule has 2 aromatic heterocycles. The molecule has 0 radical (unpaired) electrons. The van der Waals surface area contributed by atoms with Crippen molar-refractivity contribution in [3.63, 3.8) is 0 Å². The highest BCUT2D eigenvalue weighted by Gasteiger charge is 2.24. The lowest BCUT2D eigenvalue weighted by molar-refractivity contribution is 0.237. The largest absolute Gasteiger partial charge is 0.369 e. The van der Waals surface area contributed by atoms with Crippen molar-refractivity contribution < 1.29 is 4.79 Å². The summed E-state index contributed by atoms with van der Waals surface area (Å²) >= 11 is 0. The lowest BCUT2D eigenvalue weighted by atomic mass is 9.95. The molecule has 0 bridgehead atoms. The summed E-state index contributed by atoms with van der Waals surface area (Å²) in [7, 11) is 0. The number of benzene rings is 1. The standard InChI is InChI=1S/C19H22N4O/c1-4-9-16-17(14(2)3)18(15-10-6-5-7-11-15)21-23(16)19(24)22-13-8-12-20-22/h5-8,10-14H,4,9H2,1-3H3. The molecular formula is C19H22N4O. The lowest BCUT2D eigenvalue weighted by Gasteiger charge is -2.10. The average Bonchev–Trinajstić information content (AvgIpc) is 3.23. The molecule has 0 atom stereocenters. The van der Waals surface area contributed by atoms with Crippen molar-refractivity contribution in [3.8, 4) is 11.3 Å². The fourth-order valence-corrected chi connectivity index (χ4v) is 3.00. The van der Waals surface area contributed by atoms with E-state index in [0.29, 0.717) is 0 Å². The van der Waals surface area contributed by atoms with E-state index in [-0.39, 0.29) is 11.9 Å². The van der Waals surface area contributed by atoms with E-state index < -0.39 is 0 Å². The molecule has 0 aliphatic carbocycles. The minimum atomic E-state index is -0.243. The Bertz CT molecular complexity index is 817. The third-order valence-electron chi connectivity index (χ3n) is 4.01. The number of hydrogen-bond donors (Lipinski definition) is 0. The molecule has 24 heavy (non-hydrogen) atoms. The highest BCUT2D eigenvalue weighted by molar-refractivity contribution is 5.80. The van der Waals surface area contributed by atoms with E-state index in [1.165, 1.54) is 9.36 Å². The molecule has 0 spiro atoms. The van der Waals surface area contributed by atoms with Crippen LogP contribution in [-0.2, 0) is 6.42 Å². The van der Waals surface area contributed by atoms with Crippen LogP contribution in [0.3, 0.4) is 0 Å². The molecule has 0 aliphatic rings. The first-order chi connectivity index (χ1) is 11.6. The van der Waals surface area contributed by atoms with Crippen molar-refractivity contribution >= 4 is 6.03 Å². The Morgan fingerprint density at radius 3 is 2.50 bits per heavy atom. The Hall–Kier alpha value is -2.69. The summed E-state index contributed by atoms with van der Waals surface area (Å²) in [6, 6.07) is 11.5. The van der Waals surface area contributed by atoms with Crippen molar-refractivity contribution in [3.05, 3.63) is 60.0 Å². The van der Waals surface area contributed by atoms with Gasteiger partial charge in [0.05, 0.1) is 11.4 Å².